The second-order valence-corrected chi connectivity index (χ2v) is 8.95. The third-order valence-corrected chi connectivity index (χ3v) is 7.23. The van der Waals surface area contributed by atoms with Crippen molar-refractivity contribution in [2.75, 3.05) is 0 Å². The monoisotopic (exact) mass is 377 g/mol. The molecule has 6 rings (SSSR count). The van der Waals surface area contributed by atoms with Crippen molar-refractivity contribution in [3.8, 4) is 0 Å². The van der Waals surface area contributed by atoms with Gasteiger partial charge in [0.15, 0.2) is 5.82 Å². The maximum Gasteiger partial charge on any atom is 0.394 e. The smallest absolute Gasteiger partial charge is 0.339 e. The van der Waals surface area contributed by atoms with Gasteiger partial charge in [0, 0.05) is 0 Å². The molecule has 0 spiro atoms. The van der Waals surface area contributed by atoms with Crippen LogP contribution < -0.4 is 5.73 Å². The van der Waals surface area contributed by atoms with Gasteiger partial charge in [-0.1, -0.05) is 5.16 Å². The van der Waals surface area contributed by atoms with E-state index in [1.807, 2.05) is 0 Å². The van der Waals surface area contributed by atoms with E-state index >= 15 is 0 Å². The highest BCUT2D eigenvalue weighted by Gasteiger charge is 2.68. The molecule has 5 aliphatic rings. The summed E-state index contributed by atoms with van der Waals surface area (Å²) in [5, 5.41) is 4.06. The highest BCUT2D eigenvalue weighted by atomic mass is 35.5. The van der Waals surface area contributed by atoms with Crippen LogP contribution in [0.4, 0.5) is 13.2 Å². The van der Waals surface area contributed by atoms with Gasteiger partial charge < -0.3 is 10.3 Å². The molecule has 0 amide bonds. The van der Waals surface area contributed by atoms with Gasteiger partial charge in [-0.15, -0.1) is 12.4 Å². The van der Waals surface area contributed by atoms with Crippen LogP contribution in [0.25, 0.3) is 0 Å². The molecule has 5 aliphatic carbocycles. The number of hydrogen-bond acceptors (Lipinski definition) is 4. The molecule has 8 heteroatoms. The summed E-state index contributed by atoms with van der Waals surface area (Å²) in [4.78, 5) is 4.54. The van der Waals surface area contributed by atoms with Crippen molar-refractivity contribution < 1.29 is 17.7 Å². The predicted octanol–water partition coefficient (Wildman–Crippen LogP) is 4.23. The lowest BCUT2D eigenvalue weighted by molar-refractivity contribution is -0.279. The van der Waals surface area contributed by atoms with E-state index in [4.69, 9.17) is 10.3 Å². The molecule has 1 heterocycles. The van der Waals surface area contributed by atoms with Crippen LogP contribution in [-0.2, 0) is 11.0 Å². The van der Waals surface area contributed by atoms with Crippen LogP contribution in [0.1, 0.15) is 69.5 Å². The van der Waals surface area contributed by atoms with Crippen molar-refractivity contribution in [2.24, 2.45) is 23.0 Å². The summed E-state index contributed by atoms with van der Waals surface area (Å²) in [6.45, 7) is 0. The standard InChI is InChI=1S/C17H22F3N3O.ClH/c18-17(19,20)15-7-10-4-11(8-15)6-14(5-10,9-15)13-22-12(23-24-13)16(21)2-1-3-16;/h10-11H,1-9,21H2;1H. The van der Waals surface area contributed by atoms with Gasteiger partial charge in [-0.05, 0) is 69.6 Å². The van der Waals surface area contributed by atoms with E-state index < -0.39 is 22.5 Å². The summed E-state index contributed by atoms with van der Waals surface area (Å²) < 4.78 is 47.1. The van der Waals surface area contributed by atoms with Gasteiger partial charge in [-0.2, -0.15) is 18.2 Å². The van der Waals surface area contributed by atoms with Gasteiger partial charge in [0.1, 0.15) is 0 Å². The first-order chi connectivity index (χ1) is 11.2. The number of nitrogens with zero attached hydrogens (tertiary/aromatic N) is 2. The Kier molecular flexibility index (Phi) is 3.60. The Hall–Kier alpha value is -0.820. The van der Waals surface area contributed by atoms with Crippen LogP contribution in [0.3, 0.4) is 0 Å². The number of nitrogens with two attached hydrogens (primary N) is 1. The first kappa shape index (κ1) is 17.6. The SMILES string of the molecule is Cl.NC1(c2noc(C34CC5CC(C3)CC(C(F)(F)F)(C5)C4)n2)CCC1. The molecule has 0 saturated heterocycles. The molecule has 4 bridgehead atoms. The molecule has 2 atom stereocenters. The number of halogens is 4. The molecule has 2 unspecified atom stereocenters. The van der Waals surface area contributed by atoms with Gasteiger partial charge >= 0.3 is 6.18 Å². The highest BCUT2D eigenvalue weighted by molar-refractivity contribution is 5.85. The molecule has 2 N–H and O–H groups in total. The lowest BCUT2D eigenvalue weighted by atomic mass is 9.44. The third kappa shape index (κ3) is 2.30. The molecule has 0 radical (unpaired) electrons. The average molecular weight is 378 g/mol. The maximum atomic E-state index is 13.9. The van der Waals surface area contributed by atoms with Crippen LogP contribution in [-0.4, -0.2) is 16.3 Å². The first-order valence-electron chi connectivity index (χ1n) is 8.94. The van der Waals surface area contributed by atoms with Gasteiger partial charge in [-0.25, -0.2) is 0 Å². The minimum Gasteiger partial charge on any atom is -0.339 e. The molecule has 5 saturated carbocycles. The molecule has 5 fully saturated rings. The number of alkyl halides is 3. The van der Waals surface area contributed by atoms with Crippen molar-refractivity contribution in [1.29, 1.82) is 0 Å². The number of aromatic nitrogens is 2. The van der Waals surface area contributed by atoms with Gasteiger partial charge in [0.2, 0.25) is 5.89 Å². The summed E-state index contributed by atoms with van der Waals surface area (Å²) in [6.07, 6.45) is 1.59. The van der Waals surface area contributed by atoms with Crippen LogP contribution in [0.15, 0.2) is 4.52 Å². The second-order valence-electron chi connectivity index (χ2n) is 8.95. The Labute approximate surface area is 150 Å². The normalized spacial score (nSPS) is 41.3. The Balaban J connectivity index is 0.00000157. The quantitative estimate of drug-likeness (QED) is 0.837. The van der Waals surface area contributed by atoms with Crippen LogP contribution in [0.5, 0.6) is 0 Å². The molecule has 140 valence electrons. The maximum absolute atomic E-state index is 13.9. The molecule has 0 aromatic carbocycles. The van der Waals surface area contributed by atoms with E-state index in [9.17, 15) is 13.2 Å². The summed E-state index contributed by atoms with van der Waals surface area (Å²) in [7, 11) is 0. The third-order valence-electron chi connectivity index (χ3n) is 7.23. The van der Waals surface area contributed by atoms with E-state index in [0.29, 0.717) is 11.7 Å². The van der Waals surface area contributed by atoms with E-state index in [-0.39, 0.29) is 43.5 Å². The predicted molar refractivity (Wildman–Crippen MR) is 86.1 cm³/mol. The Morgan fingerprint density at radius 2 is 1.72 bits per heavy atom. The Bertz CT molecular complexity index is 671. The molecular formula is C17H23ClF3N3O. The van der Waals surface area contributed by atoms with Gasteiger partial charge in [0.25, 0.3) is 0 Å². The minimum atomic E-state index is -4.15. The molecule has 1 aromatic rings. The summed E-state index contributed by atoms with van der Waals surface area (Å²) in [5.41, 5.74) is 3.58. The molecular weight excluding hydrogens is 355 g/mol. The van der Waals surface area contributed by atoms with Gasteiger partial charge in [-0.3, -0.25) is 0 Å². The van der Waals surface area contributed by atoms with Crippen LogP contribution in [0, 0.1) is 17.3 Å². The fourth-order valence-corrected chi connectivity index (χ4v) is 6.27. The zero-order chi connectivity index (χ0) is 16.8. The van der Waals surface area contributed by atoms with Crippen molar-refractivity contribution in [3.63, 3.8) is 0 Å². The number of hydrogen-bond donors (Lipinski definition) is 1. The highest BCUT2D eigenvalue weighted by Crippen LogP contribution is 2.69. The number of rotatable bonds is 2. The van der Waals surface area contributed by atoms with Crippen molar-refractivity contribution in [1.82, 2.24) is 10.1 Å². The minimum absolute atomic E-state index is 0. The zero-order valence-corrected chi connectivity index (χ0v) is 14.8. The fraction of sp³-hybridized carbons (Fsp3) is 0.882. The summed E-state index contributed by atoms with van der Waals surface area (Å²) in [5.74, 6) is 1.15. The molecule has 25 heavy (non-hydrogen) atoms. The summed E-state index contributed by atoms with van der Waals surface area (Å²) in [6, 6.07) is 0. The van der Waals surface area contributed by atoms with Crippen molar-refractivity contribution >= 4 is 12.4 Å². The molecule has 4 nitrogen and oxygen atoms in total. The first-order valence-corrected chi connectivity index (χ1v) is 8.94. The lowest BCUT2D eigenvalue weighted by Gasteiger charge is -2.60. The van der Waals surface area contributed by atoms with E-state index in [0.717, 1.165) is 38.5 Å². The van der Waals surface area contributed by atoms with Gasteiger partial charge in [0.05, 0.1) is 16.4 Å². The lowest BCUT2D eigenvalue weighted by Crippen LogP contribution is -2.59. The zero-order valence-electron chi connectivity index (χ0n) is 13.9. The second kappa shape index (κ2) is 5.12. The Morgan fingerprint density at radius 3 is 2.24 bits per heavy atom. The largest absolute Gasteiger partial charge is 0.394 e. The molecule has 0 aliphatic heterocycles. The van der Waals surface area contributed by atoms with E-state index in [2.05, 4.69) is 10.1 Å². The summed E-state index contributed by atoms with van der Waals surface area (Å²) >= 11 is 0. The Morgan fingerprint density at radius 1 is 1.08 bits per heavy atom. The van der Waals surface area contributed by atoms with Crippen molar-refractivity contribution in [2.45, 2.75) is 74.9 Å². The fourth-order valence-electron chi connectivity index (χ4n) is 6.27. The average Bonchev–Trinajstić information content (AvgIpc) is 2.93. The topological polar surface area (TPSA) is 64.9 Å². The van der Waals surface area contributed by atoms with Crippen LogP contribution in [0.2, 0.25) is 0 Å². The van der Waals surface area contributed by atoms with E-state index in [1.54, 1.807) is 0 Å². The molecule has 1 aromatic heterocycles. The van der Waals surface area contributed by atoms with Crippen LogP contribution >= 0.6 is 12.4 Å². The van der Waals surface area contributed by atoms with Crippen molar-refractivity contribution in [3.05, 3.63) is 11.7 Å². The van der Waals surface area contributed by atoms with E-state index in [1.165, 1.54) is 0 Å².